The molecule has 0 aromatic heterocycles. The van der Waals surface area contributed by atoms with Crippen LogP contribution in [0.3, 0.4) is 0 Å². The van der Waals surface area contributed by atoms with Crippen LogP contribution in [0.4, 0.5) is 11.4 Å². The highest BCUT2D eigenvalue weighted by Gasteiger charge is 2.26. The minimum atomic E-state index is -3.92. The maximum absolute atomic E-state index is 12.9. The molecule has 2 N–H and O–H groups in total. The summed E-state index contributed by atoms with van der Waals surface area (Å²) in [5, 5.41) is 2.79. The number of sulfonamides is 1. The average Bonchev–Trinajstić information content (AvgIpc) is 2.62. The third-order valence-corrected chi connectivity index (χ3v) is 6.02. The van der Waals surface area contributed by atoms with Gasteiger partial charge >= 0.3 is 0 Å². The lowest BCUT2D eigenvalue weighted by molar-refractivity contribution is -0.122. The molecule has 0 spiro atoms. The molecule has 0 atom stereocenters. The van der Waals surface area contributed by atoms with Gasteiger partial charge in [-0.3, -0.25) is 9.52 Å². The molecule has 1 fully saturated rings. The van der Waals surface area contributed by atoms with Crippen LogP contribution in [0, 0.1) is 5.92 Å². The van der Waals surface area contributed by atoms with E-state index in [1.165, 1.54) is 19.2 Å². The molecule has 0 saturated heterocycles. The Morgan fingerprint density at radius 2 is 1.79 bits per heavy atom. The number of anilines is 2. The maximum atomic E-state index is 12.9. The molecule has 8 heteroatoms. The maximum Gasteiger partial charge on any atom is 0.265 e. The fourth-order valence-electron chi connectivity index (χ4n) is 2.88. The standard InChI is InChI=1S/C20H24N2O5S/c1-3-27-17-10-7-15(8-11-17)22-28(24,25)19-13-16(9-12-18(19)26-2)21-20(23)14-5-4-6-14/h7-14,22H,3-6H2,1-2H3,(H,21,23). The Hall–Kier alpha value is -2.74. The number of nitrogens with one attached hydrogen (secondary N) is 2. The fourth-order valence-corrected chi connectivity index (χ4v) is 4.13. The van der Waals surface area contributed by atoms with Crippen LogP contribution in [0.2, 0.25) is 0 Å². The Kier molecular flexibility index (Phi) is 6.08. The summed E-state index contributed by atoms with van der Waals surface area (Å²) in [6, 6.07) is 11.2. The van der Waals surface area contributed by atoms with Crippen LogP contribution in [0.5, 0.6) is 11.5 Å². The quantitative estimate of drug-likeness (QED) is 0.701. The van der Waals surface area contributed by atoms with E-state index in [0.717, 1.165) is 19.3 Å². The smallest absolute Gasteiger partial charge is 0.265 e. The van der Waals surface area contributed by atoms with Crippen molar-refractivity contribution in [3.63, 3.8) is 0 Å². The third kappa shape index (κ3) is 4.56. The molecule has 3 rings (SSSR count). The summed E-state index contributed by atoms with van der Waals surface area (Å²) in [5.41, 5.74) is 0.819. The first-order valence-electron chi connectivity index (χ1n) is 9.17. The van der Waals surface area contributed by atoms with Gasteiger partial charge in [0, 0.05) is 17.3 Å². The van der Waals surface area contributed by atoms with E-state index >= 15 is 0 Å². The number of methoxy groups -OCH3 is 1. The molecule has 7 nitrogen and oxygen atoms in total. The fraction of sp³-hybridized carbons (Fsp3) is 0.350. The van der Waals surface area contributed by atoms with Crippen molar-refractivity contribution < 1.29 is 22.7 Å². The number of hydrogen-bond acceptors (Lipinski definition) is 5. The number of amides is 1. The predicted octanol–water partition coefficient (Wildman–Crippen LogP) is 3.63. The molecule has 1 aliphatic carbocycles. The van der Waals surface area contributed by atoms with E-state index in [1.54, 1.807) is 30.3 Å². The van der Waals surface area contributed by atoms with Crippen molar-refractivity contribution in [3.8, 4) is 11.5 Å². The SMILES string of the molecule is CCOc1ccc(NS(=O)(=O)c2cc(NC(=O)C3CCC3)ccc2OC)cc1. The first kappa shape index (κ1) is 20.0. The lowest BCUT2D eigenvalue weighted by Crippen LogP contribution is -2.28. The number of rotatable bonds is 8. The second-order valence-corrected chi connectivity index (χ2v) is 8.20. The zero-order valence-corrected chi connectivity index (χ0v) is 16.7. The zero-order valence-electron chi connectivity index (χ0n) is 15.9. The van der Waals surface area contributed by atoms with Crippen molar-refractivity contribution >= 4 is 27.3 Å². The number of ether oxygens (including phenoxy) is 2. The minimum Gasteiger partial charge on any atom is -0.495 e. The number of hydrogen-bond donors (Lipinski definition) is 2. The van der Waals surface area contributed by atoms with Gasteiger partial charge < -0.3 is 14.8 Å². The summed E-state index contributed by atoms with van der Waals surface area (Å²) in [5.74, 6) is 0.771. The molecule has 2 aromatic rings. The number of carbonyl (C=O) groups excluding carboxylic acids is 1. The normalized spacial score (nSPS) is 14.1. The molecule has 0 unspecified atom stereocenters. The van der Waals surface area contributed by atoms with Gasteiger partial charge in [0.15, 0.2) is 0 Å². The molecule has 1 saturated carbocycles. The van der Waals surface area contributed by atoms with Gasteiger partial charge in [0.2, 0.25) is 5.91 Å². The Morgan fingerprint density at radius 3 is 2.36 bits per heavy atom. The molecule has 0 aliphatic heterocycles. The summed E-state index contributed by atoms with van der Waals surface area (Å²) in [7, 11) is -2.52. The topological polar surface area (TPSA) is 93.7 Å². The first-order valence-corrected chi connectivity index (χ1v) is 10.7. The highest BCUT2D eigenvalue weighted by atomic mass is 32.2. The Morgan fingerprint density at radius 1 is 1.11 bits per heavy atom. The summed E-state index contributed by atoms with van der Waals surface area (Å²) in [6.45, 7) is 2.40. The number of carbonyl (C=O) groups is 1. The molecule has 150 valence electrons. The summed E-state index contributed by atoms with van der Waals surface area (Å²) in [4.78, 5) is 12.1. The Labute approximate surface area is 165 Å². The monoisotopic (exact) mass is 404 g/mol. The van der Waals surface area contributed by atoms with Crippen molar-refractivity contribution in [2.24, 2.45) is 5.92 Å². The number of benzene rings is 2. The van der Waals surface area contributed by atoms with E-state index in [2.05, 4.69) is 10.0 Å². The van der Waals surface area contributed by atoms with E-state index in [1.807, 2.05) is 6.92 Å². The van der Waals surface area contributed by atoms with E-state index in [0.29, 0.717) is 23.7 Å². The molecule has 2 aromatic carbocycles. The highest BCUT2D eigenvalue weighted by molar-refractivity contribution is 7.92. The van der Waals surface area contributed by atoms with Gasteiger partial charge in [0.05, 0.1) is 13.7 Å². The van der Waals surface area contributed by atoms with Gasteiger partial charge in [0.25, 0.3) is 10.0 Å². The Bertz CT molecular complexity index is 938. The summed E-state index contributed by atoms with van der Waals surface area (Å²) >= 11 is 0. The van der Waals surface area contributed by atoms with Crippen LogP contribution >= 0.6 is 0 Å². The van der Waals surface area contributed by atoms with Gasteiger partial charge in [-0.05, 0) is 62.2 Å². The molecular formula is C20H24N2O5S. The van der Waals surface area contributed by atoms with E-state index in [-0.39, 0.29) is 22.5 Å². The molecule has 0 heterocycles. The second-order valence-electron chi connectivity index (χ2n) is 6.55. The predicted molar refractivity (Wildman–Crippen MR) is 107 cm³/mol. The summed E-state index contributed by atoms with van der Waals surface area (Å²) < 4.78 is 38.9. The third-order valence-electron chi connectivity index (χ3n) is 4.61. The van der Waals surface area contributed by atoms with Crippen LogP contribution in [-0.2, 0) is 14.8 Å². The van der Waals surface area contributed by atoms with Crippen molar-refractivity contribution in [2.75, 3.05) is 23.8 Å². The molecule has 28 heavy (non-hydrogen) atoms. The van der Waals surface area contributed by atoms with Crippen LogP contribution < -0.4 is 19.5 Å². The van der Waals surface area contributed by atoms with E-state index in [4.69, 9.17) is 9.47 Å². The second kappa shape index (κ2) is 8.52. The molecular weight excluding hydrogens is 380 g/mol. The van der Waals surface area contributed by atoms with Crippen LogP contribution in [0.15, 0.2) is 47.4 Å². The first-order chi connectivity index (χ1) is 13.4. The summed E-state index contributed by atoms with van der Waals surface area (Å²) in [6.07, 6.45) is 2.78. The molecule has 0 bridgehead atoms. The lowest BCUT2D eigenvalue weighted by Gasteiger charge is -2.24. The van der Waals surface area contributed by atoms with Gasteiger partial charge in [-0.15, -0.1) is 0 Å². The van der Waals surface area contributed by atoms with Gasteiger partial charge in [0.1, 0.15) is 16.4 Å². The van der Waals surface area contributed by atoms with E-state index < -0.39 is 10.0 Å². The lowest BCUT2D eigenvalue weighted by atomic mass is 9.85. The average molecular weight is 404 g/mol. The van der Waals surface area contributed by atoms with Crippen molar-refractivity contribution in [1.82, 2.24) is 0 Å². The van der Waals surface area contributed by atoms with Gasteiger partial charge in [-0.2, -0.15) is 0 Å². The van der Waals surface area contributed by atoms with E-state index in [9.17, 15) is 13.2 Å². The highest BCUT2D eigenvalue weighted by Crippen LogP contribution is 2.31. The molecule has 1 aliphatic rings. The molecule has 1 amide bonds. The Balaban J connectivity index is 1.82. The van der Waals surface area contributed by atoms with Crippen molar-refractivity contribution in [2.45, 2.75) is 31.1 Å². The minimum absolute atomic E-state index is 0.00383. The van der Waals surface area contributed by atoms with Crippen molar-refractivity contribution in [1.29, 1.82) is 0 Å². The zero-order chi connectivity index (χ0) is 20.1. The van der Waals surface area contributed by atoms with Gasteiger partial charge in [-0.1, -0.05) is 6.42 Å². The van der Waals surface area contributed by atoms with Crippen LogP contribution in [0.1, 0.15) is 26.2 Å². The van der Waals surface area contributed by atoms with Crippen molar-refractivity contribution in [3.05, 3.63) is 42.5 Å². The van der Waals surface area contributed by atoms with Crippen LogP contribution in [0.25, 0.3) is 0 Å². The van der Waals surface area contributed by atoms with Gasteiger partial charge in [-0.25, -0.2) is 8.42 Å². The molecule has 0 radical (unpaired) electrons. The largest absolute Gasteiger partial charge is 0.495 e. The van der Waals surface area contributed by atoms with Crippen LogP contribution in [-0.4, -0.2) is 28.0 Å².